The van der Waals surface area contributed by atoms with Crippen molar-refractivity contribution < 1.29 is 14.7 Å². The molecule has 0 aromatic heterocycles. The third-order valence-electron chi connectivity index (χ3n) is 3.80. The van der Waals surface area contributed by atoms with Crippen LogP contribution in [0.3, 0.4) is 0 Å². The van der Waals surface area contributed by atoms with E-state index in [1.807, 2.05) is 15.9 Å². The van der Waals surface area contributed by atoms with Crippen LogP contribution in [0.1, 0.15) is 17.3 Å². The number of benzene rings is 1. The molecule has 114 valence electrons. The van der Waals surface area contributed by atoms with Crippen LogP contribution in [0.5, 0.6) is 0 Å². The van der Waals surface area contributed by atoms with Crippen LogP contribution >= 0.6 is 11.6 Å². The van der Waals surface area contributed by atoms with Crippen molar-refractivity contribution in [1.82, 2.24) is 4.90 Å². The molecule has 6 nitrogen and oxygen atoms in total. The molecule has 1 atom stereocenters. The van der Waals surface area contributed by atoms with Gasteiger partial charge in [-0.2, -0.15) is 0 Å². The molecule has 1 amide bonds. The second-order valence-corrected chi connectivity index (χ2v) is 5.44. The number of amides is 1. The van der Waals surface area contributed by atoms with E-state index in [-0.39, 0.29) is 0 Å². The van der Waals surface area contributed by atoms with E-state index in [0.717, 1.165) is 0 Å². The van der Waals surface area contributed by atoms with Crippen molar-refractivity contribution in [3.8, 4) is 0 Å². The van der Waals surface area contributed by atoms with E-state index in [1.165, 1.54) is 0 Å². The number of piperazine rings is 1. The van der Waals surface area contributed by atoms with Gasteiger partial charge in [-0.1, -0.05) is 17.7 Å². The maximum atomic E-state index is 11.6. The second kappa shape index (κ2) is 6.32. The van der Waals surface area contributed by atoms with Crippen molar-refractivity contribution in [1.29, 1.82) is 0 Å². The molecule has 0 radical (unpaired) electrons. The lowest BCUT2D eigenvalue weighted by molar-refractivity contribution is -0.142. The van der Waals surface area contributed by atoms with E-state index in [4.69, 9.17) is 22.4 Å². The number of primary amides is 1. The summed E-state index contributed by atoms with van der Waals surface area (Å²) in [5.41, 5.74) is 6.42. The fraction of sp³-hybridized carbons (Fsp3) is 0.429. The second-order valence-electron chi connectivity index (χ2n) is 5.04. The van der Waals surface area contributed by atoms with Crippen molar-refractivity contribution in [2.75, 3.05) is 31.1 Å². The predicted molar refractivity (Wildman–Crippen MR) is 80.9 cm³/mol. The topological polar surface area (TPSA) is 86.9 Å². The summed E-state index contributed by atoms with van der Waals surface area (Å²) in [6.45, 7) is 4.14. The van der Waals surface area contributed by atoms with Crippen LogP contribution in [0.25, 0.3) is 0 Å². The Morgan fingerprint density at radius 1 is 1.29 bits per heavy atom. The molecule has 1 fully saturated rings. The lowest BCUT2D eigenvalue weighted by Gasteiger charge is -2.38. The van der Waals surface area contributed by atoms with E-state index >= 15 is 0 Å². The van der Waals surface area contributed by atoms with Crippen molar-refractivity contribution in [2.45, 2.75) is 13.0 Å². The summed E-state index contributed by atoms with van der Waals surface area (Å²) < 4.78 is 0. The SMILES string of the molecule is CC(C(=O)O)N1CCN(c2cccc(Cl)c2C(N)=O)CC1. The van der Waals surface area contributed by atoms with Gasteiger partial charge < -0.3 is 15.7 Å². The molecular formula is C14H18ClN3O3. The molecule has 0 aliphatic carbocycles. The highest BCUT2D eigenvalue weighted by atomic mass is 35.5. The number of rotatable bonds is 4. The van der Waals surface area contributed by atoms with Crippen molar-refractivity contribution in [3.63, 3.8) is 0 Å². The van der Waals surface area contributed by atoms with Gasteiger partial charge in [-0.05, 0) is 19.1 Å². The van der Waals surface area contributed by atoms with E-state index in [2.05, 4.69) is 0 Å². The third-order valence-corrected chi connectivity index (χ3v) is 4.11. The van der Waals surface area contributed by atoms with Crippen LogP contribution in [0.15, 0.2) is 18.2 Å². The molecule has 3 N–H and O–H groups in total. The summed E-state index contributed by atoms with van der Waals surface area (Å²) in [6, 6.07) is 4.70. The highest BCUT2D eigenvalue weighted by molar-refractivity contribution is 6.34. The zero-order chi connectivity index (χ0) is 15.6. The first-order valence-electron chi connectivity index (χ1n) is 6.72. The molecule has 0 bridgehead atoms. The Kier molecular flexibility index (Phi) is 4.69. The Balaban J connectivity index is 2.15. The molecule has 1 aromatic carbocycles. The molecule has 1 unspecified atom stereocenters. The van der Waals surface area contributed by atoms with E-state index in [0.29, 0.717) is 42.5 Å². The minimum atomic E-state index is -0.830. The fourth-order valence-corrected chi connectivity index (χ4v) is 2.79. The molecule has 2 rings (SSSR count). The fourth-order valence-electron chi connectivity index (χ4n) is 2.53. The number of carboxylic acid groups (broad SMARTS) is 1. The lowest BCUT2D eigenvalue weighted by Crippen LogP contribution is -2.52. The molecule has 0 spiro atoms. The summed E-state index contributed by atoms with van der Waals surface area (Å²) in [6.07, 6.45) is 0. The molecule has 1 aliphatic rings. The highest BCUT2D eigenvalue weighted by Gasteiger charge is 2.27. The number of carboxylic acids is 1. The van der Waals surface area contributed by atoms with Crippen LogP contribution in [0.2, 0.25) is 5.02 Å². The summed E-state index contributed by atoms with van der Waals surface area (Å²) in [7, 11) is 0. The first-order valence-corrected chi connectivity index (χ1v) is 7.09. The quantitative estimate of drug-likeness (QED) is 0.867. The zero-order valence-corrected chi connectivity index (χ0v) is 12.5. The van der Waals surface area contributed by atoms with Crippen LogP contribution in [0, 0.1) is 0 Å². The highest BCUT2D eigenvalue weighted by Crippen LogP contribution is 2.28. The van der Waals surface area contributed by atoms with Gasteiger partial charge >= 0.3 is 5.97 Å². The van der Waals surface area contributed by atoms with Crippen LogP contribution < -0.4 is 10.6 Å². The third kappa shape index (κ3) is 3.28. The maximum absolute atomic E-state index is 11.6. The number of carbonyl (C=O) groups excluding carboxylic acids is 1. The first-order chi connectivity index (χ1) is 9.91. The average Bonchev–Trinajstić information content (AvgIpc) is 2.46. The van der Waals surface area contributed by atoms with Crippen LogP contribution in [-0.2, 0) is 4.79 Å². The number of nitrogens with zero attached hydrogens (tertiary/aromatic N) is 2. The number of hydrogen-bond acceptors (Lipinski definition) is 4. The Morgan fingerprint density at radius 3 is 2.43 bits per heavy atom. The number of hydrogen-bond donors (Lipinski definition) is 2. The van der Waals surface area contributed by atoms with Gasteiger partial charge in [0.15, 0.2) is 0 Å². The van der Waals surface area contributed by atoms with E-state index in [1.54, 1.807) is 19.1 Å². The number of anilines is 1. The lowest BCUT2D eigenvalue weighted by atomic mass is 10.1. The van der Waals surface area contributed by atoms with Crippen molar-refractivity contribution >= 4 is 29.2 Å². The molecule has 1 aliphatic heterocycles. The molecule has 7 heteroatoms. The minimum Gasteiger partial charge on any atom is -0.480 e. The summed E-state index contributed by atoms with van der Waals surface area (Å²) in [4.78, 5) is 26.5. The van der Waals surface area contributed by atoms with E-state index < -0.39 is 17.9 Å². The molecule has 0 saturated carbocycles. The Bertz CT molecular complexity index is 556. The van der Waals surface area contributed by atoms with Crippen LogP contribution in [-0.4, -0.2) is 54.1 Å². The van der Waals surface area contributed by atoms with Gasteiger partial charge in [-0.25, -0.2) is 0 Å². The molecule has 1 aromatic rings. The van der Waals surface area contributed by atoms with Gasteiger partial charge in [0.25, 0.3) is 5.91 Å². The number of carbonyl (C=O) groups is 2. The van der Waals surface area contributed by atoms with Gasteiger partial charge in [-0.3, -0.25) is 14.5 Å². The Hall–Kier alpha value is -1.79. The number of nitrogens with two attached hydrogens (primary N) is 1. The van der Waals surface area contributed by atoms with Crippen molar-refractivity contribution in [3.05, 3.63) is 28.8 Å². The zero-order valence-electron chi connectivity index (χ0n) is 11.8. The van der Waals surface area contributed by atoms with Gasteiger partial charge in [0, 0.05) is 26.2 Å². The number of halogens is 1. The van der Waals surface area contributed by atoms with Gasteiger partial charge in [0.05, 0.1) is 16.3 Å². The Morgan fingerprint density at radius 2 is 1.90 bits per heavy atom. The molecular weight excluding hydrogens is 294 g/mol. The Labute approximate surface area is 128 Å². The van der Waals surface area contributed by atoms with Gasteiger partial charge in [0.2, 0.25) is 0 Å². The normalized spacial score (nSPS) is 17.5. The summed E-state index contributed by atoms with van der Waals surface area (Å²) >= 11 is 6.05. The average molecular weight is 312 g/mol. The minimum absolute atomic E-state index is 0.318. The standard InChI is InChI=1S/C14H18ClN3O3/c1-9(14(20)21)17-5-7-18(8-6-17)11-4-2-3-10(15)12(11)13(16)19/h2-4,9H,5-8H2,1H3,(H2,16,19)(H,20,21). The van der Waals surface area contributed by atoms with Gasteiger partial charge in [0.1, 0.15) is 6.04 Å². The summed E-state index contributed by atoms with van der Waals surface area (Å²) in [5.74, 6) is -1.39. The van der Waals surface area contributed by atoms with Crippen LogP contribution in [0.4, 0.5) is 5.69 Å². The smallest absolute Gasteiger partial charge is 0.320 e. The molecule has 21 heavy (non-hydrogen) atoms. The van der Waals surface area contributed by atoms with E-state index in [9.17, 15) is 9.59 Å². The monoisotopic (exact) mass is 311 g/mol. The van der Waals surface area contributed by atoms with Gasteiger partial charge in [-0.15, -0.1) is 0 Å². The molecule has 1 heterocycles. The first kappa shape index (κ1) is 15.6. The maximum Gasteiger partial charge on any atom is 0.320 e. The molecule has 1 saturated heterocycles. The summed E-state index contributed by atoms with van der Waals surface area (Å²) in [5, 5.41) is 9.37. The predicted octanol–water partition coefficient (Wildman–Crippen LogP) is 1.03. The largest absolute Gasteiger partial charge is 0.480 e. The van der Waals surface area contributed by atoms with Crippen molar-refractivity contribution in [2.24, 2.45) is 5.73 Å². The number of aliphatic carboxylic acids is 1.